The van der Waals surface area contributed by atoms with Crippen molar-refractivity contribution in [3.8, 4) is 0 Å². The van der Waals surface area contributed by atoms with Gasteiger partial charge in [-0.3, -0.25) is 4.79 Å². The first kappa shape index (κ1) is 26.0. The molecule has 0 aliphatic carbocycles. The lowest BCUT2D eigenvalue weighted by atomic mass is 10.1. The van der Waals surface area contributed by atoms with E-state index in [0.29, 0.717) is 10.6 Å². The van der Waals surface area contributed by atoms with Crippen LogP contribution in [0.15, 0.2) is 66.9 Å². The summed E-state index contributed by atoms with van der Waals surface area (Å²) in [5, 5.41) is 5.53. The van der Waals surface area contributed by atoms with Crippen molar-refractivity contribution in [3.05, 3.63) is 93.6 Å². The summed E-state index contributed by atoms with van der Waals surface area (Å²) in [7, 11) is 0. The van der Waals surface area contributed by atoms with Crippen molar-refractivity contribution in [3.63, 3.8) is 0 Å². The van der Waals surface area contributed by atoms with Gasteiger partial charge in [0, 0.05) is 12.6 Å². The highest BCUT2D eigenvalue weighted by Crippen LogP contribution is 2.28. The monoisotopic (exact) mass is 515 g/mol. The first-order valence-electron chi connectivity index (χ1n) is 10.6. The molecule has 1 aromatic heterocycles. The Morgan fingerprint density at radius 2 is 1.57 bits per heavy atom. The van der Waals surface area contributed by atoms with Gasteiger partial charge >= 0.3 is 12.1 Å². The Morgan fingerprint density at radius 1 is 0.943 bits per heavy atom. The predicted molar refractivity (Wildman–Crippen MR) is 132 cm³/mol. The van der Waals surface area contributed by atoms with Crippen LogP contribution in [-0.4, -0.2) is 35.6 Å². The Morgan fingerprint density at radius 3 is 2.23 bits per heavy atom. The molecule has 182 valence electrons. The van der Waals surface area contributed by atoms with E-state index in [0.717, 1.165) is 11.1 Å². The number of pyridine rings is 1. The Hall–Kier alpha value is -3.62. The fraction of sp³-hybridized carbons (Fsp3) is 0.200. The number of hydrogen-bond donors (Lipinski definition) is 2. The number of anilines is 1. The molecule has 0 radical (unpaired) electrons. The van der Waals surface area contributed by atoms with Gasteiger partial charge in [0.1, 0.15) is 12.6 Å². The van der Waals surface area contributed by atoms with Gasteiger partial charge in [-0.05, 0) is 23.6 Å². The summed E-state index contributed by atoms with van der Waals surface area (Å²) >= 11 is 12.1. The van der Waals surface area contributed by atoms with E-state index in [1.807, 2.05) is 48.5 Å². The first-order chi connectivity index (χ1) is 16.8. The van der Waals surface area contributed by atoms with E-state index in [-0.39, 0.29) is 23.9 Å². The summed E-state index contributed by atoms with van der Waals surface area (Å²) in [6, 6.07) is 17.1. The highest BCUT2D eigenvalue weighted by Gasteiger charge is 2.25. The molecule has 10 heteroatoms. The number of hydrogen-bond acceptors (Lipinski definition) is 6. The van der Waals surface area contributed by atoms with Gasteiger partial charge in [0.25, 0.3) is 5.91 Å². The van der Waals surface area contributed by atoms with Gasteiger partial charge in [-0.25, -0.2) is 14.6 Å². The van der Waals surface area contributed by atoms with Crippen LogP contribution in [0.3, 0.4) is 0 Å². The number of amides is 2. The molecule has 0 fully saturated rings. The molecule has 1 heterocycles. The Kier molecular flexibility index (Phi) is 9.46. The number of nitrogens with zero attached hydrogens (tertiary/aromatic N) is 1. The summed E-state index contributed by atoms with van der Waals surface area (Å²) < 4.78 is 10.4. The lowest BCUT2D eigenvalue weighted by molar-refractivity contribution is -0.149. The average molecular weight is 516 g/mol. The summed E-state index contributed by atoms with van der Waals surface area (Å²) in [5.74, 6) is -1.36. The van der Waals surface area contributed by atoms with Crippen molar-refractivity contribution >= 4 is 47.0 Å². The fourth-order valence-corrected chi connectivity index (χ4v) is 3.39. The number of benzene rings is 2. The third-order valence-electron chi connectivity index (χ3n) is 4.88. The third-order valence-corrected chi connectivity index (χ3v) is 5.72. The molecule has 0 aliphatic heterocycles. The van der Waals surface area contributed by atoms with Gasteiger partial charge in [-0.15, -0.1) is 0 Å². The highest BCUT2D eigenvalue weighted by molar-refractivity contribution is 6.37. The molecule has 0 saturated carbocycles. The molecule has 0 aliphatic rings. The second kappa shape index (κ2) is 12.7. The van der Waals surface area contributed by atoms with E-state index in [1.54, 1.807) is 19.1 Å². The minimum Gasteiger partial charge on any atom is -0.454 e. The van der Waals surface area contributed by atoms with E-state index in [2.05, 4.69) is 15.6 Å². The van der Waals surface area contributed by atoms with Crippen molar-refractivity contribution in [1.82, 2.24) is 10.3 Å². The molecule has 35 heavy (non-hydrogen) atoms. The number of nitrogens with one attached hydrogen (secondary N) is 2. The molecule has 1 unspecified atom stereocenters. The smallest absolute Gasteiger partial charge is 0.408 e. The molecule has 1 atom stereocenters. The van der Waals surface area contributed by atoms with E-state index < -0.39 is 30.6 Å². The maximum atomic E-state index is 12.7. The summed E-state index contributed by atoms with van der Waals surface area (Å²) in [5.41, 5.74) is 2.14. The van der Waals surface area contributed by atoms with Crippen LogP contribution in [0.5, 0.6) is 0 Å². The number of carbonyl (C=O) groups is 3. The van der Waals surface area contributed by atoms with E-state index in [9.17, 15) is 14.4 Å². The fourth-order valence-electron chi connectivity index (χ4n) is 3.00. The first-order valence-corrected chi connectivity index (χ1v) is 11.4. The molecule has 8 nitrogen and oxygen atoms in total. The molecule has 2 aromatic carbocycles. The Labute approximate surface area is 212 Å². The van der Waals surface area contributed by atoms with E-state index >= 15 is 0 Å². The van der Waals surface area contributed by atoms with Crippen LogP contribution in [0.2, 0.25) is 10.0 Å². The summed E-state index contributed by atoms with van der Waals surface area (Å²) in [6.45, 7) is 1.11. The van der Waals surface area contributed by atoms with Crippen molar-refractivity contribution < 1.29 is 23.9 Å². The number of halogens is 2. The van der Waals surface area contributed by atoms with Crippen LogP contribution in [-0.2, 0) is 32.1 Å². The van der Waals surface area contributed by atoms with Gasteiger partial charge in [0.2, 0.25) is 0 Å². The topological polar surface area (TPSA) is 107 Å². The maximum absolute atomic E-state index is 12.7. The minimum absolute atomic E-state index is 0.0381. The van der Waals surface area contributed by atoms with Gasteiger partial charge in [-0.2, -0.15) is 0 Å². The molecule has 2 amide bonds. The molecule has 3 aromatic rings. The van der Waals surface area contributed by atoms with Gasteiger partial charge in [0.05, 0.1) is 10.0 Å². The minimum atomic E-state index is -1.08. The zero-order valence-electron chi connectivity index (χ0n) is 18.8. The quantitative estimate of drug-likeness (QED) is 0.399. The zero-order valence-corrected chi connectivity index (χ0v) is 20.3. The number of esters is 1. The van der Waals surface area contributed by atoms with Crippen molar-refractivity contribution in [2.24, 2.45) is 0 Å². The molecule has 0 bridgehead atoms. The second-order valence-electron chi connectivity index (χ2n) is 7.50. The van der Waals surface area contributed by atoms with Crippen LogP contribution < -0.4 is 10.6 Å². The maximum Gasteiger partial charge on any atom is 0.408 e. The molecular formula is C25H23Cl2N3O5. The number of ether oxygens (including phenoxy) is 2. The van der Waals surface area contributed by atoms with Crippen LogP contribution in [0.4, 0.5) is 10.6 Å². The lowest BCUT2D eigenvalue weighted by Crippen LogP contribution is -2.44. The second-order valence-corrected chi connectivity index (χ2v) is 8.28. The van der Waals surface area contributed by atoms with Crippen molar-refractivity contribution in [2.75, 3.05) is 11.9 Å². The van der Waals surface area contributed by atoms with Gasteiger partial charge in [-0.1, -0.05) is 83.9 Å². The van der Waals surface area contributed by atoms with Gasteiger partial charge < -0.3 is 20.1 Å². The van der Waals surface area contributed by atoms with Crippen LogP contribution in [0.1, 0.15) is 16.7 Å². The number of alkyl carbamates (subject to hydrolysis) is 1. The van der Waals surface area contributed by atoms with Crippen molar-refractivity contribution in [1.29, 1.82) is 0 Å². The molecule has 3 rings (SSSR count). The normalized spacial score (nSPS) is 11.3. The molecule has 2 N–H and O–H groups in total. The van der Waals surface area contributed by atoms with Crippen molar-refractivity contribution in [2.45, 2.75) is 26.0 Å². The summed E-state index contributed by atoms with van der Waals surface area (Å²) in [4.78, 5) is 41.4. The van der Waals surface area contributed by atoms with E-state index in [1.165, 1.54) is 6.20 Å². The lowest BCUT2D eigenvalue weighted by Gasteiger charge is -2.18. The Balaban J connectivity index is 1.59. The molecule has 0 spiro atoms. The third kappa shape index (κ3) is 7.98. The largest absolute Gasteiger partial charge is 0.454 e. The van der Waals surface area contributed by atoms with Crippen LogP contribution in [0, 0.1) is 6.92 Å². The number of aromatic nitrogens is 1. The van der Waals surface area contributed by atoms with Crippen LogP contribution >= 0.6 is 23.2 Å². The molecule has 0 saturated heterocycles. The number of rotatable bonds is 9. The zero-order chi connectivity index (χ0) is 25.2. The SMILES string of the molecule is Cc1c(Cl)cnc(NC(=O)COC(=O)C(Cc2ccccc2)NC(=O)OCc2ccccc2)c1Cl. The average Bonchev–Trinajstić information content (AvgIpc) is 2.87. The molecular weight excluding hydrogens is 493 g/mol. The number of carbonyl (C=O) groups excluding carboxylic acids is 3. The van der Waals surface area contributed by atoms with E-state index in [4.69, 9.17) is 32.7 Å². The van der Waals surface area contributed by atoms with Gasteiger partial charge in [0.15, 0.2) is 12.4 Å². The predicted octanol–water partition coefficient (Wildman–Crippen LogP) is 4.72. The van der Waals surface area contributed by atoms with Crippen LogP contribution in [0.25, 0.3) is 0 Å². The summed E-state index contributed by atoms with van der Waals surface area (Å²) in [6.07, 6.45) is 0.709. The standard InChI is InChI=1S/C25H23Cl2N3O5/c1-16-19(26)13-28-23(22(16)27)30-21(31)15-34-24(32)20(12-17-8-4-2-5-9-17)29-25(33)35-14-18-10-6-3-7-11-18/h2-11,13,20H,12,14-15H2,1H3,(H,29,33)(H,28,30,31). The Bertz CT molecular complexity index is 1180. The highest BCUT2D eigenvalue weighted by atomic mass is 35.5.